The van der Waals surface area contributed by atoms with Crippen molar-refractivity contribution in [3.63, 3.8) is 0 Å². The number of hydrogen-bond donors (Lipinski definition) is 2. The number of amides is 1. The molecule has 3 aromatic rings. The first-order valence-corrected chi connectivity index (χ1v) is 11.7. The molecule has 1 heterocycles. The molecule has 0 bridgehead atoms. The molecule has 0 saturated carbocycles. The van der Waals surface area contributed by atoms with E-state index in [-0.39, 0.29) is 36.3 Å². The molecule has 0 spiro atoms. The average molecular weight is 494 g/mol. The van der Waals surface area contributed by atoms with Crippen LogP contribution < -0.4 is 10.2 Å². The van der Waals surface area contributed by atoms with Crippen LogP contribution in [-0.2, 0) is 6.42 Å². The van der Waals surface area contributed by atoms with E-state index in [2.05, 4.69) is 22.2 Å². The molecule has 4 rings (SSSR count). The minimum absolute atomic E-state index is 0. The van der Waals surface area contributed by atoms with Crippen molar-refractivity contribution >= 4 is 35.5 Å². The Hall–Kier alpha value is -3.35. The highest BCUT2D eigenvalue weighted by Gasteiger charge is 2.17. The average Bonchev–Trinajstić information content (AvgIpc) is 3.06. The molecule has 0 radical (unpaired) electrons. The fraction of sp³-hybridized carbons (Fsp3) is 0.286. The van der Waals surface area contributed by atoms with Crippen molar-refractivity contribution in [2.24, 2.45) is 0 Å². The Balaban J connectivity index is 0.00000342. The second kappa shape index (κ2) is 11.9. The monoisotopic (exact) mass is 493 g/mol. The number of carbonyl (C=O) groups is 2. The summed E-state index contributed by atoms with van der Waals surface area (Å²) in [6.45, 7) is 6.03. The molecule has 6 nitrogen and oxygen atoms in total. The molecule has 1 aliphatic heterocycles. The molecular weight excluding hydrogens is 462 g/mol. The Morgan fingerprint density at radius 3 is 2.29 bits per heavy atom. The van der Waals surface area contributed by atoms with Crippen LogP contribution in [0.2, 0.25) is 0 Å². The zero-order valence-corrected chi connectivity index (χ0v) is 21.0. The molecule has 184 valence electrons. The normalized spacial score (nSPS) is 14.1. The van der Waals surface area contributed by atoms with Crippen LogP contribution in [0.25, 0.3) is 0 Å². The van der Waals surface area contributed by atoms with Gasteiger partial charge in [-0.2, -0.15) is 0 Å². The molecule has 1 fully saturated rings. The third kappa shape index (κ3) is 6.62. The SMILES string of the molecule is Cc1ccc(C(=O)Cc2c(O)cccc2NC(=O)c2ccc(N3CCCN(C)CC3)cc2)cc1.Cl. The summed E-state index contributed by atoms with van der Waals surface area (Å²) in [5, 5.41) is 13.3. The van der Waals surface area contributed by atoms with Crippen molar-refractivity contribution in [1.29, 1.82) is 0 Å². The Bertz CT molecular complexity index is 1160. The van der Waals surface area contributed by atoms with E-state index < -0.39 is 0 Å². The van der Waals surface area contributed by atoms with E-state index in [4.69, 9.17) is 0 Å². The molecule has 0 unspecified atom stereocenters. The van der Waals surface area contributed by atoms with Crippen LogP contribution in [0, 0.1) is 6.92 Å². The Morgan fingerprint density at radius 1 is 0.886 bits per heavy atom. The van der Waals surface area contributed by atoms with Gasteiger partial charge in [0, 0.05) is 54.1 Å². The van der Waals surface area contributed by atoms with Crippen LogP contribution in [0.1, 0.15) is 38.3 Å². The van der Waals surface area contributed by atoms with Gasteiger partial charge in [0.05, 0.1) is 0 Å². The van der Waals surface area contributed by atoms with E-state index in [1.807, 2.05) is 43.3 Å². The zero-order valence-electron chi connectivity index (χ0n) is 20.2. The lowest BCUT2D eigenvalue weighted by Crippen LogP contribution is -2.28. The Kier molecular flexibility index (Phi) is 8.90. The number of hydrogen-bond acceptors (Lipinski definition) is 5. The van der Waals surface area contributed by atoms with Gasteiger partial charge in [0.1, 0.15) is 5.75 Å². The summed E-state index contributed by atoms with van der Waals surface area (Å²) < 4.78 is 0. The summed E-state index contributed by atoms with van der Waals surface area (Å²) >= 11 is 0. The van der Waals surface area contributed by atoms with Gasteiger partial charge < -0.3 is 20.2 Å². The Labute approximate surface area is 213 Å². The lowest BCUT2D eigenvalue weighted by molar-refractivity contribution is 0.0988. The molecule has 2 N–H and O–H groups in total. The second-order valence-electron chi connectivity index (χ2n) is 8.91. The fourth-order valence-corrected chi connectivity index (χ4v) is 4.20. The minimum Gasteiger partial charge on any atom is -0.508 e. The van der Waals surface area contributed by atoms with Gasteiger partial charge in [0.25, 0.3) is 5.91 Å². The molecule has 1 aliphatic rings. The van der Waals surface area contributed by atoms with E-state index in [1.54, 1.807) is 24.3 Å². The predicted molar refractivity (Wildman–Crippen MR) is 143 cm³/mol. The van der Waals surface area contributed by atoms with E-state index in [1.165, 1.54) is 6.07 Å². The van der Waals surface area contributed by atoms with Gasteiger partial charge >= 0.3 is 0 Å². The molecule has 7 heteroatoms. The number of carbonyl (C=O) groups excluding carboxylic acids is 2. The smallest absolute Gasteiger partial charge is 0.255 e. The fourth-order valence-electron chi connectivity index (χ4n) is 4.20. The second-order valence-corrected chi connectivity index (χ2v) is 8.91. The van der Waals surface area contributed by atoms with Gasteiger partial charge in [-0.1, -0.05) is 35.9 Å². The molecular formula is C28H32ClN3O3. The number of anilines is 2. The summed E-state index contributed by atoms with van der Waals surface area (Å²) in [5.74, 6) is -0.416. The summed E-state index contributed by atoms with van der Waals surface area (Å²) in [7, 11) is 2.14. The number of phenols is 1. The molecule has 1 saturated heterocycles. The standard InChI is InChI=1S/C28H31N3O3.ClH/c1-20-7-9-21(10-8-20)27(33)19-24-25(5-3-6-26(24)32)29-28(34)22-11-13-23(14-12-22)31-16-4-15-30(2)17-18-31;/h3,5-14,32H,4,15-19H2,1-2H3,(H,29,34);1H. The summed E-state index contributed by atoms with van der Waals surface area (Å²) in [5.41, 5.74) is 4.11. The van der Waals surface area contributed by atoms with Crippen molar-refractivity contribution in [2.75, 3.05) is 43.4 Å². The predicted octanol–water partition coefficient (Wildman–Crippen LogP) is 4.94. The number of halogens is 1. The number of aromatic hydroxyl groups is 1. The highest BCUT2D eigenvalue weighted by Crippen LogP contribution is 2.28. The molecule has 0 aromatic heterocycles. The number of likely N-dealkylation sites (N-methyl/N-ethyl adjacent to an activating group) is 1. The highest BCUT2D eigenvalue weighted by molar-refractivity contribution is 6.06. The molecule has 3 aromatic carbocycles. The van der Waals surface area contributed by atoms with Crippen LogP contribution in [0.5, 0.6) is 5.75 Å². The van der Waals surface area contributed by atoms with Crippen molar-refractivity contribution in [1.82, 2.24) is 4.90 Å². The van der Waals surface area contributed by atoms with Gasteiger partial charge in [-0.3, -0.25) is 9.59 Å². The van der Waals surface area contributed by atoms with Crippen LogP contribution in [0.15, 0.2) is 66.7 Å². The van der Waals surface area contributed by atoms with E-state index in [0.717, 1.165) is 43.9 Å². The quantitative estimate of drug-likeness (QED) is 0.476. The van der Waals surface area contributed by atoms with Crippen LogP contribution in [0.4, 0.5) is 11.4 Å². The number of aryl methyl sites for hydroxylation is 1. The number of phenolic OH excluding ortho intramolecular Hbond substituents is 1. The summed E-state index contributed by atoms with van der Waals surface area (Å²) in [6, 6.07) is 19.8. The van der Waals surface area contributed by atoms with Crippen molar-refractivity contribution in [3.05, 3.63) is 89.0 Å². The zero-order chi connectivity index (χ0) is 24.1. The first-order chi connectivity index (χ1) is 16.4. The van der Waals surface area contributed by atoms with Gasteiger partial charge in [0.2, 0.25) is 0 Å². The number of nitrogens with zero attached hydrogens (tertiary/aromatic N) is 2. The molecule has 1 amide bonds. The number of rotatable bonds is 6. The van der Waals surface area contributed by atoms with Crippen LogP contribution >= 0.6 is 12.4 Å². The van der Waals surface area contributed by atoms with Crippen molar-refractivity contribution in [3.8, 4) is 5.75 Å². The van der Waals surface area contributed by atoms with Gasteiger partial charge in [-0.05, 0) is 63.3 Å². The van der Waals surface area contributed by atoms with Gasteiger partial charge in [-0.25, -0.2) is 0 Å². The third-order valence-corrected chi connectivity index (χ3v) is 6.32. The lowest BCUT2D eigenvalue weighted by atomic mass is 10.00. The highest BCUT2D eigenvalue weighted by atomic mass is 35.5. The van der Waals surface area contributed by atoms with E-state index >= 15 is 0 Å². The van der Waals surface area contributed by atoms with Gasteiger partial charge in [0.15, 0.2) is 5.78 Å². The summed E-state index contributed by atoms with van der Waals surface area (Å²) in [4.78, 5) is 30.4. The van der Waals surface area contributed by atoms with Crippen LogP contribution in [-0.4, -0.2) is 54.9 Å². The lowest BCUT2D eigenvalue weighted by Gasteiger charge is -2.23. The first-order valence-electron chi connectivity index (χ1n) is 11.7. The van der Waals surface area contributed by atoms with E-state index in [0.29, 0.717) is 22.4 Å². The number of nitrogens with one attached hydrogen (secondary N) is 1. The number of ketones is 1. The first kappa shape index (κ1) is 26.3. The van der Waals surface area contributed by atoms with Crippen molar-refractivity contribution in [2.45, 2.75) is 19.8 Å². The molecule has 0 atom stereocenters. The Morgan fingerprint density at radius 2 is 1.57 bits per heavy atom. The number of Topliss-reactive ketones (excluding diaryl/α,β-unsaturated/α-hetero) is 1. The largest absolute Gasteiger partial charge is 0.508 e. The van der Waals surface area contributed by atoms with Crippen molar-refractivity contribution < 1.29 is 14.7 Å². The van der Waals surface area contributed by atoms with Gasteiger partial charge in [-0.15, -0.1) is 12.4 Å². The third-order valence-electron chi connectivity index (χ3n) is 6.32. The maximum Gasteiger partial charge on any atom is 0.255 e. The maximum atomic E-state index is 13.0. The molecule has 35 heavy (non-hydrogen) atoms. The van der Waals surface area contributed by atoms with Crippen LogP contribution in [0.3, 0.4) is 0 Å². The number of benzene rings is 3. The maximum absolute atomic E-state index is 13.0. The summed E-state index contributed by atoms with van der Waals surface area (Å²) in [6.07, 6.45) is 1.11. The topological polar surface area (TPSA) is 72.9 Å². The van der Waals surface area contributed by atoms with E-state index in [9.17, 15) is 14.7 Å². The minimum atomic E-state index is -0.281. The molecule has 0 aliphatic carbocycles.